The van der Waals surface area contributed by atoms with Crippen molar-refractivity contribution in [1.29, 1.82) is 0 Å². The van der Waals surface area contributed by atoms with E-state index in [9.17, 15) is 9.90 Å². The highest BCUT2D eigenvalue weighted by atomic mass is 35.5. The van der Waals surface area contributed by atoms with E-state index in [1.54, 1.807) is 6.33 Å². The highest BCUT2D eigenvalue weighted by molar-refractivity contribution is 6.28. The third kappa shape index (κ3) is 4.87. The Morgan fingerprint density at radius 1 is 1.12 bits per heavy atom. The molecule has 2 heterocycles. The predicted molar refractivity (Wildman–Crippen MR) is 189 cm³/mol. The third-order valence-corrected chi connectivity index (χ3v) is 16.5. The molecule has 0 aromatic carbocycles. The number of aromatic nitrogens is 3. The molecule has 4 fully saturated rings. The first kappa shape index (κ1) is 36.3. The molecule has 9 heteroatoms. The predicted octanol–water partition coefficient (Wildman–Crippen LogP) is 8.21. The Morgan fingerprint density at radius 2 is 1.81 bits per heavy atom. The Labute approximate surface area is 294 Å². The first-order chi connectivity index (χ1) is 22.1. The quantitative estimate of drug-likeness (QED) is 0.278. The van der Waals surface area contributed by atoms with Gasteiger partial charge in [0.05, 0.1) is 37.9 Å². The van der Waals surface area contributed by atoms with Crippen molar-refractivity contribution in [1.82, 2.24) is 14.8 Å². The van der Waals surface area contributed by atoms with E-state index in [0.717, 1.165) is 38.5 Å². The summed E-state index contributed by atoms with van der Waals surface area (Å²) in [4.78, 5) is 17.8. The van der Waals surface area contributed by atoms with Crippen molar-refractivity contribution in [2.24, 2.45) is 67.8 Å². The Kier molecular flexibility index (Phi) is 8.71. The molecule has 270 valence electrons. The molecular formula is C39H63ClN4O4. The number of halogens is 1. The standard InChI is InChI=1S/C39H63ClN4O4/c1-23(2)24(3)34(7)16-17-36(9)25-12-13-28-35(8)19-47-21-39(28,26(25)14-15-37(36,10)29(34)31(45)46)18-27(44-32(40)42-22-43-44)30(35)48-20-38(11,41)33(4,5)6/h14,22-25,27-30H,12-13,15-21,41H2,1-11H3,(H,45,46)/t24-,25+,27-,28+,29-,30+,34-,35+,36-,37+,38-,39?/m1/s1. The molecule has 3 N–H and O–H groups in total. The fourth-order valence-corrected chi connectivity index (χ4v) is 12.3. The smallest absolute Gasteiger partial charge is 0.307 e. The lowest BCUT2D eigenvalue weighted by Gasteiger charge is -2.71. The van der Waals surface area contributed by atoms with Crippen LogP contribution in [0, 0.1) is 62.1 Å². The van der Waals surface area contributed by atoms with Gasteiger partial charge in [-0.05, 0) is 102 Å². The number of carboxylic acids is 1. The Bertz CT molecular complexity index is 1450. The molecule has 1 saturated heterocycles. The van der Waals surface area contributed by atoms with Crippen LogP contribution in [0.15, 0.2) is 18.0 Å². The van der Waals surface area contributed by atoms with Crippen LogP contribution in [0.4, 0.5) is 0 Å². The van der Waals surface area contributed by atoms with E-state index in [2.05, 4.69) is 92.3 Å². The van der Waals surface area contributed by atoms with Crippen LogP contribution in [-0.2, 0) is 14.3 Å². The van der Waals surface area contributed by atoms with Crippen molar-refractivity contribution in [2.75, 3.05) is 19.8 Å². The summed E-state index contributed by atoms with van der Waals surface area (Å²) >= 11 is 6.77. The van der Waals surface area contributed by atoms with Crippen LogP contribution in [-0.4, -0.2) is 57.3 Å². The van der Waals surface area contributed by atoms with Crippen LogP contribution < -0.4 is 5.73 Å². The molecule has 0 spiro atoms. The van der Waals surface area contributed by atoms with Gasteiger partial charge >= 0.3 is 5.97 Å². The van der Waals surface area contributed by atoms with Crippen molar-refractivity contribution in [3.63, 3.8) is 0 Å². The number of carboxylic acid groups (broad SMARTS) is 1. The molecule has 12 atom stereocenters. The molecule has 8 nitrogen and oxygen atoms in total. The number of fused-ring (bicyclic) bond motifs is 3. The van der Waals surface area contributed by atoms with Crippen LogP contribution >= 0.6 is 11.6 Å². The number of carbonyl (C=O) groups is 1. The Hall–Kier alpha value is -1.48. The molecule has 1 unspecified atom stereocenters. The van der Waals surface area contributed by atoms with Crippen LogP contribution in [0.3, 0.4) is 0 Å². The van der Waals surface area contributed by atoms with Gasteiger partial charge in [0.1, 0.15) is 6.33 Å². The number of hydrogen-bond acceptors (Lipinski definition) is 6. The lowest BCUT2D eigenvalue weighted by Crippen LogP contribution is -2.69. The maximum Gasteiger partial charge on any atom is 0.307 e. The molecule has 3 saturated carbocycles. The van der Waals surface area contributed by atoms with E-state index in [0.29, 0.717) is 42.9 Å². The number of aliphatic carboxylic acids is 1. The van der Waals surface area contributed by atoms with Crippen LogP contribution in [0.5, 0.6) is 0 Å². The molecule has 1 aromatic rings. The molecule has 0 radical (unpaired) electrons. The van der Waals surface area contributed by atoms with Crippen LogP contribution in [0.2, 0.25) is 5.28 Å². The summed E-state index contributed by atoms with van der Waals surface area (Å²) in [6, 6.07) is -0.144. The fraction of sp³-hybridized carbons (Fsp3) is 0.872. The summed E-state index contributed by atoms with van der Waals surface area (Å²) < 4.78 is 15.6. The number of ether oxygens (including phenoxy) is 2. The largest absolute Gasteiger partial charge is 0.481 e. The maximum absolute atomic E-state index is 13.4. The molecule has 2 bridgehead atoms. The van der Waals surface area contributed by atoms with E-state index >= 15 is 0 Å². The van der Waals surface area contributed by atoms with E-state index in [1.807, 2.05) is 4.68 Å². The lowest BCUT2D eigenvalue weighted by molar-refractivity contribution is -0.253. The van der Waals surface area contributed by atoms with Gasteiger partial charge in [-0.25, -0.2) is 9.67 Å². The summed E-state index contributed by atoms with van der Waals surface area (Å²) in [6.45, 7) is 26.4. The number of rotatable bonds is 7. The summed E-state index contributed by atoms with van der Waals surface area (Å²) in [7, 11) is 0. The van der Waals surface area contributed by atoms with Crippen molar-refractivity contribution < 1.29 is 19.4 Å². The fourth-order valence-electron chi connectivity index (χ4n) is 12.1. The van der Waals surface area contributed by atoms with E-state index in [4.69, 9.17) is 26.8 Å². The first-order valence-electron chi connectivity index (χ1n) is 18.6. The van der Waals surface area contributed by atoms with Gasteiger partial charge in [0.2, 0.25) is 5.28 Å². The van der Waals surface area contributed by atoms with Crippen molar-refractivity contribution in [3.05, 3.63) is 23.3 Å². The molecule has 0 amide bonds. The van der Waals surface area contributed by atoms with Gasteiger partial charge in [0, 0.05) is 16.4 Å². The van der Waals surface area contributed by atoms with Crippen molar-refractivity contribution in [3.8, 4) is 0 Å². The van der Waals surface area contributed by atoms with E-state index in [-0.39, 0.29) is 50.6 Å². The molecule has 6 rings (SSSR count). The molecule has 1 aromatic heterocycles. The minimum Gasteiger partial charge on any atom is -0.481 e. The molecular weight excluding hydrogens is 624 g/mol. The minimum atomic E-state index is -0.628. The highest BCUT2D eigenvalue weighted by Crippen LogP contribution is 2.75. The topological polar surface area (TPSA) is 112 Å². The summed E-state index contributed by atoms with van der Waals surface area (Å²) in [5.74, 6) is 0.324. The second-order valence-electron chi connectivity index (χ2n) is 19.5. The Morgan fingerprint density at radius 3 is 2.40 bits per heavy atom. The monoisotopic (exact) mass is 686 g/mol. The van der Waals surface area contributed by atoms with Crippen molar-refractivity contribution in [2.45, 2.75) is 132 Å². The normalized spacial score (nSPS) is 44.5. The second-order valence-corrected chi connectivity index (χ2v) is 19.8. The van der Waals surface area contributed by atoms with Gasteiger partial charge < -0.3 is 20.3 Å². The van der Waals surface area contributed by atoms with Crippen LogP contribution in [0.1, 0.15) is 121 Å². The molecule has 1 aliphatic heterocycles. The average molecular weight is 687 g/mol. The molecule has 5 aliphatic rings. The maximum atomic E-state index is 13.4. The number of allylic oxidation sites excluding steroid dienone is 1. The highest BCUT2D eigenvalue weighted by Gasteiger charge is 2.72. The number of nitrogens with zero attached hydrogens (tertiary/aromatic N) is 3. The zero-order chi connectivity index (χ0) is 35.5. The Balaban J connectivity index is 1.45. The van der Waals surface area contributed by atoms with Gasteiger partial charge in [-0.1, -0.05) is 80.9 Å². The SMILES string of the molecule is CC(C)[C@@H](C)[C@@]1(C)CC[C@]2(C)[C@H]3CC[C@@H]4C5(COC[C@]4(C)[C@@H](OC[C@@](C)(N)C(C)(C)C)[C@H](n4ncnc4Cl)C5)C3=CC[C@@]2(C)[C@@H]1C(=O)O. The van der Waals surface area contributed by atoms with Gasteiger partial charge in [-0.15, -0.1) is 0 Å². The third-order valence-electron chi connectivity index (χ3n) is 16.2. The summed E-state index contributed by atoms with van der Waals surface area (Å²) in [5, 5.41) is 16.1. The van der Waals surface area contributed by atoms with Gasteiger partial charge in [0.25, 0.3) is 0 Å². The summed E-state index contributed by atoms with van der Waals surface area (Å²) in [6.07, 6.45) is 9.46. The first-order valence-corrected chi connectivity index (χ1v) is 19.0. The molecule has 4 aliphatic carbocycles. The van der Waals surface area contributed by atoms with E-state index < -0.39 is 17.4 Å². The number of hydrogen-bond donors (Lipinski definition) is 2. The van der Waals surface area contributed by atoms with Crippen LogP contribution in [0.25, 0.3) is 0 Å². The molecule has 48 heavy (non-hydrogen) atoms. The van der Waals surface area contributed by atoms with Gasteiger partial charge in [-0.2, -0.15) is 5.10 Å². The number of nitrogens with two attached hydrogens (primary N) is 1. The minimum absolute atomic E-state index is 0.144. The summed E-state index contributed by atoms with van der Waals surface area (Å²) in [5.41, 5.74) is 6.39. The van der Waals surface area contributed by atoms with Gasteiger partial charge in [0.15, 0.2) is 0 Å². The zero-order valence-electron chi connectivity index (χ0n) is 31.5. The second kappa shape index (κ2) is 11.5. The lowest BCUT2D eigenvalue weighted by atomic mass is 9.34. The van der Waals surface area contributed by atoms with E-state index in [1.165, 1.54) is 5.57 Å². The zero-order valence-corrected chi connectivity index (χ0v) is 32.3. The average Bonchev–Trinajstić information content (AvgIpc) is 3.41. The van der Waals surface area contributed by atoms with Gasteiger partial charge in [-0.3, -0.25) is 4.79 Å². The van der Waals surface area contributed by atoms with Crippen molar-refractivity contribution >= 4 is 17.6 Å².